The molecule has 0 spiro atoms. The van der Waals surface area contributed by atoms with Crippen LogP contribution in [0.25, 0.3) is 0 Å². The number of urea groups is 1. The second kappa shape index (κ2) is 6.73. The van der Waals surface area contributed by atoms with E-state index in [9.17, 15) is 4.79 Å². The van der Waals surface area contributed by atoms with Crippen LogP contribution in [0.1, 0.15) is 40.0 Å². The quantitative estimate of drug-likeness (QED) is 0.884. The summed E-state index contributed by atoms with van der Waals surface area (Å²) >= 11 is 0. The van der Waals surface area contributed by atoms with Crippen molar-refractivity contribution in [3.63, 3.8) is 0 Å². The lowest BCUT2D eigenvalue weighted by atomic mass is 9.74. The van der Waals surface area contributed by atoms with Crippen molar-refractivity contribution in [1.29, 1.82) is 0 Å². The molecule has 0 saturated heterocycles. The average Bonchev–Trinajstić information content (AvgIpc) is 2.39. The Balaban J connectivity index is 1.94. The molecule has 1 aliphatic rings. The Labute approximate surface area is 121 Å². The third-order valence-electron chi connectivity index (χ3n) is 4.28. The summed E-state index contributed by atoms with van der Waals surface area (Å²) in [4.78, 5) is 16.1. The number of carbonyl (C=O) groups excluding carboxylic acids is 1. The number of nitrogens with zero attached hydrogens (tertiary/aromatic N) is 1. The first kappa shape index (κ1) is 14.8. The van der Waals surface area contributed by atoms with Crippen LogP contribution in [0.3, 0.4) is 0 Å². The summed E-state index contributed by atoms with van der Waals surface area (Å²) in [6, 6.07) is 3.76. The molecule has 4 nitrogen and oxygen atoms in total. The number of anilines is 1. The molecule has 2 amide bonds. The van der Waals surface area contributed by atoms with E-state index in [-0.39, 0.29) is 12.1 Å². The van der Waals surface area contributed by atoms with Crippen LogP contribution in [0.5, 0.6) is 0 Å². The summed E-state index contributed by atoms with van der Waals surface area (Å²) in [6.07, 6.45) is 6.91. The highest BCUT2D eigenvalue weighted by Gasteiger charge is 2.31. The summed E-state index contributed by atoms with van der Waals surface area (Å²) in [7, 11) is 0. The van der Waals surface area contributed by atoms with Crippen molar-refractivity contribution in [2.45, 2.75) is 46.1 Å². The summed E-state index contributed by atoms with van der Waals surface area (Å²) in [5, 5.41) is 6.03. The second-order valence-corrected chi connectivity index (χ2v) is 6.27. The Hall–Kier alpha value is -1.58. The van der Waals surface area contributed by atoms with Gasteiger partial charge in [0.15, 0.2) is 0 Å². The first-order valence-corrected chi connectivity index (χ1v) is 7.53. The van der Waals surface area contributed by atoms with E-state index in [1.807, 2.05) is 0 Å². The van der Waals surface area contributed by atoms with E-state index in [4.69, 9.17) is 0 Å². The topological polar surface area (TPSA) is 54.0 Å². The van der Waals surface area contributed by atoms with Gasteiger partial charge in [0.1, 0.15) is 0 Å². The number of carbonyl (C=O) groups is 1. The monoisotopic (exact) mass is 275 g/mol. The van der Waals surface area contributed by atoms with Crippen LogP contribution in [-0.2, 0) is 0 Å². The molecule has 2 N–H and O–H groups in total. The number of nitrogens with one attached hydrogen (secondary N) is 2. The van der Waals surface area contributed by atoms with Crippen LogP contribution in [0.15, 0.2) is 24.5 Å². The van der Waals surface area contributed by atoms with Crippen molar-refractivity contribution < 1.29 is 4.79 Å². The van der Waals surface area contributed by atoms with Crippen molar-refractivity contribution >= 4 is 11.7 Å². The van der Waals surface area contributed by atoms with E-state index in [0.717, 1.165) is 12.1 Å². The molecule has 110 valence electrons. The zero-order chi connectivity index (χ0) is 14.5. The third-order valence-corrected chi connectivity index (χ3v) is 4.28. The number of hydrogen-bond acceptors (Lipinski definition) is 2. The average molecular weight is 275 g/mol. The van der Waals surface area contributed by atoms with Crippen LogP contribution in [-0.4, -0.2) is 17.1 Å². The Morgan fingerprint density at radius 1 is 1.30 bits per heavy atom. The maximum Gasteiger partial charge on any atom is 0.319 e. The molecule has 0 aromatic carbocycles. The van der Waals surface area contributed by atoms with Gasteiger partial charge in [0.25, 0.3) is 0 Å². The van der Waals surface area contributed by atoms with Gasteiger partial charge in [0, 0.05) is 24.1 Å². The fourth-order valence-electron chi connectivity index (χ4n) is 3.14. The highest BCUT2D eigenvalue weighted by atomic mass is 16.2. The van der Waals surface area contributed by atoms with E-state index in [0.29, 0.717) is 17.8 Å². The van der Waals surface area contributed by atoms with Gasteiger partial charge in [-0.2, -0.15) is 0 Å². The molecular formula is C16H25N3O. The molecule has 1 aliphatic carbocycles. The Bertz CT molecular complexity index is 433. The lowest BCUT2D eigenvalue weighted by Crippen LogP contribution is -2.47. The largest absolute Gasteiger partial charge is 0.335 e. The third kappa shape index (κ3) is 3.95. The maximum atomic E-state index is 12.1. The number of hydrogen-bond donors (Lipinski definition) is 2. The zero-order valence-electron chi connectivity index (χ0n) is 12.6. The van der Waals surface area contributed by atoms with Gasteiger partial charge in [-0.3, -0.25) is 4.98 Å². The van der Waals surface area contributed by atoms with Gasteiger partial charge in [-0.25, -0.2) is 4.79 Å². The minimum absolute atomic E-state index is 0.110. The summed E-state index contributed by atoms with van der Waals surface area (Å²) in [5.74, 6) is 1.87. The van der Waals surface area contributed by atoms with Gasteiger partial charge in [-0.05, 0) is 42.7 Å². The summed E-state index contributed by atoms with van der Waals surface area (Å²) in [6.45, 7) is 6.76. The molecule has 0 bridgehead atoms. The van der Waals surface area contributed by atoms with E-state index < -0.39 is 0 Å². The predicted octanol–water partition coefficient (Wildman–Crippen LogP) is 3.66. The zero-order valence-corrected chi connectivity index (χ0v) is 12.6. The van der Waals surface area contributed by atoms with Gasteiger partial charge >= 0.3 is 6.03 Å². The van der Waals surface area contributed by atoms with E-state index >= 15 is 0 Å². The molecule has 3 unspecified atom stereocenters. The number of rotatable bonds is 3. The fraction of sp³-hybridized carbons (Fsp3) is 0.625. The molecule has 1 aromatic rings. The van der Waals surface area contributed by atoms with Crippen molar-refractivity contribution in [3.8, 4) is 0 Å². The Morgan fingerprint density at radius 2 is 2.00 bits per heavy atom. The molecule has 1 fully saturated rings. The van der Waals surface area contributed by atoms with Crippen LogP contribution < -0.4 is 10.6 Å². The smallest absolute Gasteiger partial charge is 0.319 e. The number of amides is 2. The molecule has 0 aliphatic heterocycles. The first-order valence-electron chi connectivity index (χ1n) is 7.53. The normalized spacial score (nSPS) is 26.3. The van der Waals surface area contributed by atoms with Gasteiger partial charge in [0.2, 0.25) is 0 Å². The lowest BCUT2D eigenvalue weighted by molar-refractivity contribution is 0.172. The highest BCUT2D eigenvalue weighted by Crippen LogP contribution is 2.33. The standard InChI is InChI=1S/C16H25N3O/c1-11(2)14-5-4-12(3)10-15(14)19-16(20)18-13-6-8-17-9-7-13/h6-9,11-12,14-15H,4-5,10H2,1-3H3,(H2,17,18,19,20). The molecule has 1 saturated carbocycles. The lowest BCUT2D eigenvalue weighted by Gasteiger charge is -2.37. The molecule has 20 heavy (non-hydrogen) atoms. The van der Waals surface area contributed by atoms with Gasteiger partial charge in [0.05, 0.1) is 0 Å². The van der Waals surface area contributed by atoms with Crippen molar-refractivity contribution in [3.05, 3.63) is 24.5 Å². The maximum absolute atomic E-state index is 12.1. The minimum atomic E-state index is -0.110. The van der Waals surface area contributed by atoms with Crippen LogP contribution in [0.2, 0.25) is 0 Å². The van der Waals surface area contributed by atoms with E-state index in [1.54, 1.807) is 24.5 Å². The number of pyridine rings is 1. The Kier molecular flexibility index (Phi) is 4.99. The predicted molar refractivity (Wildman–Crippen MR) is 81.5 cm³/mol. The minimum Gasteiger partial charge on any atom is -0.335 e. The van der Waals surface area contributed by atoms with Crippen LogP contribution in [0, 0.1) is 17.8 Å². The molecule has 2 rings (SSSR count). The highest BCUT2D eigenvalue weighted by molar-refractivity contribution is 5.89. The number of aromatic nitrogens is 1. The van der Waals surface area contributed by atoms with Crippen LogP contribution >= 0.6 is 0 Å². The fourth-order valence-corrected chi connectivity index (χ4v) is 3.14. The van der Waals surface area contributed by atoms with Crippen molar-refractivity contribution in [1.82, 2.24) is 10.3 Å². The van der Waals surface area contributed by atoms with E-state index in [2.05, 4.69) is 36.4 Å². The molecule has 3 atom stereocenters. The van der Waals surface area contributed by atoms with Crippen LogP contribution in [0.4, 0.5) is 10.5 Å². The first-order chi connectivity index (χ1) is 9.56. The molecule has 1 heterocycles. The van der Waals surface area contributed by atoms with Crippen molar-refractivity contribution in [2.75, 3.05) is 5.32 Å². The second-order valence-electron chi connectivity index (χ2n) is 6.27. The Morgan fingerprint density at radius 3 is 2.65 bits per heavy atom. The summed E-state index contributed by atoms with van der Waals surface area (Å²) < 4.78 is 0. The molecule has 4 heteroatoms. The summed E-state index contributed by atoms with van der Waals surface area (Å²) in [5.41, 5.74) is 0.780. The molecule has 1 aromatic heterocycles. The van der Waals surface area contributed by atoms with Gasteiger partial charge in [-0.1, -0.05) is 27.2 Å². The molecular weight excluding hydrogens is 250 g/mol. The molecule has 0 radical (unpaired) electrons. The van der Waals surface area contributed by atoms with Gasteiger partial charge < -0.3 is 10.6 Å². The SMILES string of the molecule is CC1CCC(C(C)C)C(NC(=O)Nc2ccncc2)C1. The van der Waals surface area contributed by atoms with Gasteiger partial charge in [-0.15, -0.1) is 0 Å². The van der Waals surface area contributed by atoms with E-state index in [1.165, 1.54) is 12.8 Å². The van der Waals surface area contributed by atoms with Crippen molar-refractivity contribution in [2.24, 2.45) is 17.8 Å².